The highest BCUT2D eigenvalue weighted by atomic mass is 16.6. The van der Waals surface area contributed by atoms with E-state index < -0.39 is 0 Å². The highest BCUT2D eigenvalue weighted by Gasteiger charge is 2.12. The van der Waals surface area contributed by atoms with E-state index in [0.717, 1.165) is 25.9 Å². The summed E-state index contributed by atoms with van der Waals surface area (Å²) in [6.07, 6.45) is 7.62. The Labute approximate surface area is 187 Å². The third-order valence-corrected chi connectivity index (χ3v) is 4.28. The number of rotatable bonds is 23. The summed E-state index contributed by atoms with van der Waals surface area (Å²) >= 11 is 0. The first-order chi connectivity index (χ1) is 15.4. The summed E-state index contributed by atoms with van der Waals surface area (Å²) in [4.78, 5) is 0. The van der Waals surface area contributed by atoms with Gasteiger partial charge in [-0.15, -0.1) is 6.42 Å². The lowest BCUT2D eigenvalue weighted by atomic mass is 10.1. The van der Waals surface area contributed by atoms with Crippen LogP contribution in [0.15, 0.2) is 0 Å². The molecule has 0 aromatic rings. The smallest absolute Gasteiger partial charge is 0.107 e. The minimum atomic E-state index is 0.317. The van der Waals surface area contributed by atoms with E-state index >= 15 is 0 Å². The van der Waals surface area contributed by atoms with Gasteiger partial charge < -0.3 is 43.2 Å². The number of hydrogen-bond donors (Lipinski definition) is 1. The van der Waals surface area contributed by atoms with Crippen LogP contribution in [-0.4, -0.2) is 118 Å². The molecule has 0 radical (unpaired) electrons. The lowest BCUT2D eigenvalue weighted by Gasteiger charge is -2.22. The minimum Gasteiger partial charge on any atom is -0.377 e. The van der Waals surface area contributed by atoms with Gasteiger partial charge in [-0.1, -0.05) is 5.92 Å². The molecule has 31 heavy (non-hydrogen) atoms. The van der Waals surface area contributed by atoms with Gasteiger partial charge in [-0.2, -0.15) is 0 Å². The number of terminal acetylenes is 1. The number of piperidine rings is 1. The van der Waals surface area contributed by atoms with E-state index in [1.54, 1.807) is 0 Å². The third-order valence-electron chi connectivity index (χ3n) is 4.28. The van der Waals surface area contributed by atoms with Gasteiger partial charge in [0, 0.05) is 0 Å². The summed E-state index contributed by atoms with van der Waals surface area (Å²) in [5.41, 5.74) is 0. The van der Waals surface area contributed by atoms with Gasteiger partial charge in [0.25, 0.3) is 0 Å². The van der Waals surface area contributed by atoms with E-state index in [-0.39, 0.29) is 0 Å². The zero-order chi connectivity index (χ0) is 22.1. The second kappa shape index (κ2) is 23.9. The van der Waals surface area contributed by atoms with Crippen LogP contribution in [0.4, 0.5) is 0 Å². The van der Waals surface area contributed by atoms with Crippen molar-refractivity contribution in [2.75, 3.05) is 112 Å². The summed E-state index contributed by atoms with van der Waals surface area (Å²) in [6.45, 7) is 10.1. The SMILES string of the molecule is C#CCOCCOCCOCCOCCOCCOCCOCCOC1CCNCC1. The molecule has 0 spiro atoms. The molecule has 0 bridgehead atoms. The minimum absolute atomic E-state index is 0.317. The van der Waals surface area contributed by atoms with Crippen molar-refractivity contribution < 1.29 is 37.9 Å². The fourth-order valence-electron chi connectivity index (χ4n) is 2.69. The second-order valence-electron chi connectivity index (χ2n) is 6.75. The van der Waals surface area contributed by atoms with Gasteiger partial charge in [-0.25, -0.2) is 0 Å². The van der Waals surface area contributed by atoms with E-state index in [4.69, 9.17) is 44.3 Å². The first kappa shape index (κ1) is 28.2. The maximum Gasteiger partial charge on any atom is 0.107 e. The summed E-state index contributed by atoms with van der Waals surface area (Å²) in [5, 5.41) is 3.32. The van der Waals surface area contributed by atoms with E-state index in [2.05, 4.69) is 11.2 Å². The topological polar surface area (TPSA) is 85.9 Å². The standard InChI is InChI=1S/C22H41NO8/c1-2-7-24-8-9-25-10-11-26-12-13-27-14-15-28-16-17-29-18-19-30-20-21-31-22-3-5-23-6-4-22/h1,22-23H,3-21H2. The lowest BCUT2D eigenvalue weighted by molar-refractivity contribution is -0.0312. The molecule has 182 valence electrons. The predicted molar refractivity (Wildman–Crippen MR) is 116 cm³/mol. The van der Waals surface area contributed by atoms with Crippen molar-refractivity contribution in [3.05, 3.63) is 0 Å². The van der Waals surface area contributed by atoms with Gasteiger partial charge in [-0.05, 0) is 25.9 Å². The molecule has 1 heterocycles. The van der Waals surface area contributed by atoms with Gasteiger partial charge in [-0.3, -0.25) is 0 Å². The van der Waals surface area contributed by atoms with E-state index in [0.29, 0.717) is 105 Å². The zero-order valence-corrected chi connectivity index (χ0v) is 18.9. The average molecular weight is 448 g/mol. The normalized spacial score (nSPS) is 14.7. The molecule has 0 unspecified atom stereocenters. The molecule has 9 heteroatoms. The molecule has 1 saturated heterocycles. The molecular weight excluding hydrogens is 406 g/mol. The van der Waals surface area contributed by atoms with Gasteiger partial charge in [0.15, 0.2) is 0 Å². The molecule has 1 aliphatic rings. The van der Waals surface area contributed by atoms with Gasteiger partial charge in [0.2, 0.25) is 0 Å². The van der Waals surface area contributed by atoms with Crippen LogP contribution in [0.1, 0.15) is 12.8 Å². The molecule has 1 fully saturated rings. The van der Waals surface area contributed by atoms with E-state index in [1.165, 1.54) is 0 Å². The van der Waals surface area contributed by atoms with Crippen molar-refractivity contribution in [2.45, 2.75) is 18.9 Å². The molecule has 0 aromatic heterocycles. The summed E-state index contributed by atoms with van der Waals surface area (Å²) in [5.74, 6) is 2.40. The Kier molecular flexibility index (Phi) is 21.7. The monoisotopic (exact) mass is 447 g/mol. The number of hydrogen-bond acceptors (Lipinski definition) is 9. The molecule has 1 rings (SSSR count). The average Bonchev–Trinajstić information content (AvgIpc) is 2.80. The van der Waals surface area contributed by atoms with Gasteiger partial charge in [0.05, 0.1) is 98.6 Å². The Hall–Kier alpha value is -0.800. The highest BCUT2D eigenvalue weighted by molar-refractivity contribution is 4.82. The van der Waals surface area contributed by atoms with Crippen LogP contribution in [0, 0.1) is 12.3 Å². The molecule has 0 aromatic carbocycles. The molecule has 9 nitrogen and oxygen atoms in total. The maximum absolute atomic E-state index is 5.77. The van der Waals surface area contributed by atoms with Crippen molar-refractivity contribution in [1.29, 1.82) is 0 Å². The summed E-state index contributed by atoms with van der Waals surface area (Å²) < 4.78 is 43.4. The van der Waals surface area contributed by atoms with Crippen LogP contribution in [0.3, 0.4) is 0 Å². The molecule has 0 saturated carbocycles. The Bertz CT molecular complexity index is 401. The van der Waals surface area contributed by atoms with Crippen LogP contribution >= 0.6 is 0 Å². The van der Waals surface area contributed by atoms with Crippen LogP contribution in [-0.2, 0) is 37.9 Å². The first-order valence-electron chi connectivity index (χ1n) is 11.2. The first-order valence-corrected chi connectivity index (χ1v) is 11.2. The molecule has 0 aliphatic carbocycles. The number of nitrogens with one attached hydrogen (secondary N) is 1. The fraction of sp³-hybridized carbons (Fsp3) is 0.909. The van der Waals surface area contributed by atoms with Crippen molar-refractivity contribution >= 4 is 0 Å². The lowest BCUT2D eigenvalue weighted by Crippen LogP contribution is -2.33. The van der Waals surface area contributed by atoms with Crippen LogP contribution < -0.4 is 5.32 Å². The van der Waals surface area contributed by atoms with Crippen molar-refractivity contribution in [3.63, 3.8) is 0 Å². The molecule has 0 amide bonds. The van der Waals surface area contributed by atoms with Crippen molar-refractivity contribution in [2.24, 2.45) is 0 Å². The Morgan fingerprint density at radius 1 is 0.548 bits per heavy atom. The van der Waals surface area contributed by atoms with Gasteiger partial charge in [0.1, 0.15) is 6.61 Å². The van der Waals surface area contributed by atoms with Crippen LogP contribution in [0.25, 0.3) is 0 Å². The van der Waals surface area contributed by atoms with Crippen LogP contribution in [0.2, 0.25) is 0 Å². The zero-order valence-electron chi connectivity index (χ0n) is 18.9. The Morgan fingerprint density at radius 3 is 1.29 bits per heavy atom. The second-order valence-corrected chi connectivity index (χ2v) is 6.75. The summed E-state index contributed by atoms with van der Waals surface area (Å²) in [7, 11) is 0. The molecule has 0 atom stereocenters. The largest absolute Gasteiger partial charge is 0.377 e. The quantitative estimate of drug-likeness (QED) is 0.178. The Balaban J connectivity index is 1.63. The van der Waals surface area contributed by atoms with Crippen molar-refractivity contribution in [3.8, 4) is 12.3 Å². The summed E-state index contributed by atoms with van der Waals surface area (Å²) in [6, 6.07) is 0. The molecular formula is C22H41NO8. The van der Waals surface area contributed by atoms with E-state index in [1.807, 2.05) is 0 Å². The van der Waals surface area contributed by atoms with Gasteiger partial charge >= 0.3 is 0 Å². The van der Waals surface area contributed by atoms with Crippen LogP contribution in [0.5, 0.6) is 0 Å². The maximum atomic E-state index is 5.77. The highest BCUT2D eigenvalue weighted by Crippen LogP contribution is 2.06. The number of ether oxygens (including phenoxy) is 8. The fourth-order valence-corrected chi connectivity index (χ4v) is 2.69. The predicted octanol–water partition coefficient (Wildman–Crippen LogP) is 0.504. The Morgan fingerprint density at radius 2 is 0.903 bits per heavy atom. The van der Waals surface area contributed by atoms with E-state index in [9.17, 15) is 0 Å². The third kappa shape index (κ3) is 20.8. The van der Waals surface area contributed by atoms with Crippen molar-refractivity contribution in [1.82, 2.24) is 5.32 Å². The molecule has 1 N–H and O–H groups in total. The molecule has 1 aliphatic heterocycles.